The molecule has 0 spiro atoms. The average molecular weight is 391 g/mol. The molecule has 21 heavy (non-hydrogen) atoms. The van der Waals surface area contributed by atoms with E-state index >= 15 is 0 Å². The third kappa shape index (κ3) is 3.70. The van der Waals surface area contributed by atoms with Crippen LogP contribution in [-0.2, 0) is 15.6 Å². The molecular weight excluding hydrogens is 378 g/mol. The van der Waals surface area contributed by atoms with Crippen molar-refractivity contribution in [3.63, 3.8) is 0 Å². The maximum absolute atomic E-state index is 12.5. The van der Waals surface area contributed by atoms with Crippen molar-refractivity contribution in [3.05, 3.63) is 51.5 Å². The first kappa shape index (κ1) is 16.1. The molecule has 2 N–H and O–H groups in total. The lowest BCUT2D eigenvalue weighted by molar-refractivity contribution is 0.411. The van der Waals surface area contributed by atoms with Gasteiger partial charge in [-0.25, -0.2) is 8.42 Å². The monoisotopic (exact) mass is 389 g/mol. The predicted molar refractivity (Wildman–Crippen MR) is 87.4 cm³/mol. The van der Waals surface area contributed by atoms with Gasteiger partial charge in [0, 0.05) is 15.1 Å². The van der Waals surface area contributed by atoms with Crippen LogP contribution < -0.4 is 10.5 Å². The number of nitrogens with two attached hydrogens (primary N) is 1. The van der Waals surface area contributed by atoms with E-state index < -0.39 is 9.84 Å². The molecule has 0 unspecified atom stereocenters. The maximum Gasteiger partial charge on any atom is 0.184 e. The van der Waals surface area contributed by atoms with Crippen molar-refractivity contribution >= 4 is 43.1 Å². The number of anilines is 1. The third-order valence-corrected chi connectivity index (χ3v) is 5.34. The minimum absolute atomic E-state index is 0.0250. The summed E-state index contributed by atoms with van der Waals surface area (Å²) in [4.78, 5) is 0.0250. The number of hydrogen-bond acceptors (Lipinski definition) is 4. The van der Waals surface area contributed by atoms with E-state index in [-0.39, 0.29) is 16.3 Å². The topological polar surface area (TPSA) is 69.4 Å². The number of ether oxygens (including phenoxy) is 1. The molecule has 0 saturated carbocycles. The van der Waals surface area contributed by atoms with Crippen LogP contribution in [-0.4, -0.2) is 15.5 Å². The van der Waals surface area contributed by atoms with E-state index in [0.717, 1.165) is 4.47 Å². The Labute approximate surface area is 136 Å². The van der Waals surface area contributed by atoms with Crippen molar-refractivity contribution in [2.24, 2.45) is 0 Å². The lowest BCUT2D eigenvalue weighted by atomic mass is 10.2. The second-order valence-corrected chi connectivity index (χ2v) is 7.71. The number of methoxy groups -OCH3 is 1. The molecule has 7 heteroatoms. The number of hydrogen-bond donors (Lipinski definition) is 1. The number of nitrogen functional groups attached to an aromatic ring is 1. The second kappa shape index (κ2) is 6.25. The molecule has 2 aromatic carbocycles. The highest BCUT2D eigenvalue weighted by Gasteiger charge is 2.21. The molecule has 0 aliphatic rings. The van der Waals surface area contributed by atoms with Crippen LogP contribution >= 0.6 is 27.5 Å². The highest BCUT2D eigenvalue weighted by Crippen LogP contribution is 2.30. The van der Waals surface area contributed by atoms with Crippen molar-refractivity contribution in [2.75, 3.05) is 12.8 Å². The van der Waals surface area contributed by atoms with Gasteiger partial charge in [-0.05, 0) is 36.4 Å². The van der Waals surface area contributed by atoms with E-state index in [1.807, 2.05) is 0 Å². The molecule has 0 aliphatic carbocycles. The molecule has 0 saturated heterocycles. The van der Waals surface area contributed by atoms with E-state index in [9.17, 15) is 8.42 Å². The Morgan fingerprint density at radius 2 is 1.95 bits per heavy atom. The number of halogens is 2. The smallest absolute Gasteiger partial charge is 0.184 e. The third-order valence-electron chi connectivity index (χ3n) is 2.90. The first-order valence-electron chi connectivity index (χ1n) is 5.93. The predicted octanol–water partition coefficient (Wildman–Crippen LogP) is 3.67. The number of benzene rings is 2. The van der Waals surface area contributed by atoms with E-state index in [1.54, 1.807) is 24.3 Å². The fourth-order valence-electron chi connectivity index (χ4n) is 1.92. The summed E-state index contributed by atoms with van der Waals surface area (Å²) >= 11 is 9.18. The lowest BCUT2D eigenvalue weighted by Crippen LogP contribution is -2.09. The summed E-state index contributed by atoms with van der Waals surface area (Å²) in [5.74, 6) is 0.280. The van der Waals surface area contributed by atoms with Crippen LogP contribution in [0.4, 0.5) is 5.69 Å². The minimum Gasteiger partial charge on any atom is -0.496 e. The van der Waals surface area contributed by atoms with Gasteiger partial charge in [0.15, 0.2) is 9.84 Å². The molecule has 0 aromatic heterocycles. The lowest BCUT2D eigenvalue weighted by Gasteiger charge is -2.11. The Morgan fingerprint density at radius 1 is 1.24 bits per heavy atom. The number of rotatable bonds is 4. The second-order valence-electron chi connectivity index (χ2n) is 4.40. The van der Waals surface area contributed by atoms with Crippen LogP contribution in [0.5, 0.6) is 5.75 Å². The Morgan fingerprint density at radius 3 is 2.62 bits per heavy atom. The summed E-state index contributed by atoms with van der Waals surface area (Å²) in [5, 5.41) is 0.323. The summed E-state index contributed by atoms with van der Waals surface area (Å²) < 4.78 is 31.1. The zero-order valence-corrected chi connectivity index (χ0v) is 14.3. The van der Waals surface area contributed by atoms with Crippen LogP contribution in [0, 0.1) is 0 Å². The first-order chi connectivity index (χ1) is 9.83. The zero-order chi connectivity index (χ0) is 15.6. The van der Waals surface area contributed by atoms with Crippen LogP contribution in [0.1, 0.15) is 5.56 Å². The average Bonchev–Trinajstić information content (AvgIpc) is 2.41. The summed E-state index contributed by atoms with van der Waals surface area (Å²) in [7, 11) is -2.13. The Bertz CT molecular complexity index is 778. The van der Waals surface area contributed by atoms with Crippen molar-refractivity contribution in [2.45, 2.75) is 10.6 Å². The maximum atomic E-state index is 12.5. The fraction of sp³-hybridized carbons (Fsp3) is 0.143. The molecule has 0 aliphatic heterocycles. The number of sulfone groups is 1. The van der Waals surface area contributed by atoms with Gasteiger partial charge in [0.25, 0.3) is 0 Å². The summed E-state index contributed by atoms with van der Waals surface area (Å²) in [6, 6.07) is 9.58. The van der Waals surface area contributed by atoms with Gasteiger partial charge in [-0.1, -0.05) is 27.5 Å². The van der Waals surface area contributed by atoms with Gasteiger partial charge in [-0.2, -0.15) is 0 Å². The van der Waals surface area contributed by atoms with Crippen LogP contribution in [0.25, 0.3) is 0 Å². The van der Waals surface area contributed by atoms with Gasteiger partial charge in [0.1, 0.15) is 5.75 Å². The summed E-state index contributed by atoms with van der Waals surface area (Å²) in [6.45, 7) is 0. The van der Waals surface area contributed by atoms with Crippen molar-refractivity contribution < 1.29 is 13.2 Å². The highest BCUT2D eigenvalue weighted by atomic mass is 79.9. The van der Waals surface area contributed by atoms with E-state index in [0.29, 0.717) is 16.3 Å². The van der Waals surface area contributed by atoms with Gasteiger partial charge in [0.2, 0.25) is 0 Å². The highest BCUT2D eigenvalue weighted by molar-refractivity contribution is 9.10. The molecule has 2 aromatic rings. The first-order valence-corrected chi connectivity index (χ1v) is 8.76. The molecule has 4 nitrogen and oxygen atoms in total. The molecule has 0 radical (unpaired) electrons. The van der Waals surface area contributed by atoms with Gasteiger partial charge >= 0.3 is 0 Å². The van der Waals surface area contributed by atoms with Gasteiger partial charge in [-0.3, -0.25) is 0 Å². The molecule has 0 atom stereocenters. The normalized spacial score (nSPS) is 11.4. The Kier molecular flexibility index (Phi) is 4.81. The van der Waals surface area contributed by atoms with Crippen molar-refractivity contribution in [1.82, 2.24) is 0 Å². The quantitative estimate of drug-likeness (QED) is 0.809. The Balaban J connectivity index is 2.47. The van der Waals surface area contributed by atoms with E-state index in [2.05, 4.69) is 15.9 Å². The van der Waals surface area contributed by atoms with Crippen molar-refractivity contribution in [3.8, 4) is 5.75 Å². The summed E-state index contributed by atoms with van der Waals surface area (Å²) in [5.41, 5.74) is 6.47. The molecule has 2 rings (SSSR count). The summed E-state index contributed by atoms with van der Waals surface area (Å²) in [6.07, 6.45) is 0. The Hall–Kier alpha value is -1.24. The van der Waals surface area contributed by atoms with Crippen LogP contribution in [0.2, 0.25) is 5.02 Å². The van der Waals surface area contributed by atoms with Gasteiger partial charge in [-0.15, -0.1) is 0 Å². The van der Waals surface area contributed by atoms with Crippen molar-refractivity contribution in [1.29, 1.82) is 0 Å². The molecule has 0 heterocycles. The molecule has 112 valence electrons. The molecule has 0 bridgehead atoms. The van der Waals surface area contributed by atoms with Gasteiger partial charge in [0.05, 0.1) is 23.4 Å². The van der Waals surface area contributed by atoms with E-state index in [4.69, 9.17) is 22.1 Å². The van der Waals surface area contributed by atoms with E-state index in [1.165, 1.54) is 19.2 Å². The standard InChI is InChI=1S/C14H13BrClNO3S/c1-20-13-5-2-10(15)6-9(13)8-21(18,19)14-7-11(16)3-4-12(14)17/h2-7H,8,17H2,1H3. The minimum atomic E-state index is -3.63. The zero-order valence-electron chi connectivity index (χ0n) is 11.1. The fourth-order valence-corrected chi connectivity index (χ4v) is 4.09. The SMILES string of the molecule is COc1ccc(Br)cc1CS(=O)(=O)c1cc(Cl)ccc1N. The van der Waals surface area contributed by atoms with Crippen LogP contribution in [0.3, 0.4) is 0 Å². The van der Waals surface area contributed by atoms with Crippen LogP contribution in [0.15, 0.2) is 45.8 Å². The van der Waals surface area contributed by atoms with Gasteiger partial charge < -0.3 is 10.5 Å². The molecular formula is C14H13BrClNO3S. The largest absolute Gasteiger partial charge is 0.496 e. The molecule has 0 fully saturated rings. The molecule has 0 amide bonds.